The molecule has 298 valence electrons. The molecule has 7 aliphatic heterocycles. The summed E-state index contributed by atoms with van der Waals surface area (Å²) in [5.74, 6) is -0.221. The number of fused-ring (bicyclic) bond motifs is 7. The van der Waals surface area contributed by atoms with Gasteiger partial charge >= 0.3 is 0 Å². The number of hydrogen-bond acceptors (Lipinski definition) is 13. The topological polar surface area (TPSA) is 180 Å². The first-order valence-corrected chi connectivity index (χ1v) is 19.9. The fourth-order valence-corrected chi connectivity index (χ4v) is 10.1. The molecule has 18 atom stereocenters. The van der Waals surface area contributed by atoms with Gasteiger partial charge in [0, 0.05) is 51.6 Å². The molecule has 13 unspecified atom stereocenters. The van der Waals surface area contributed by atoms with E-state index in [-0.39, 0.29) is 79.9 Å². The Morgan fingerprint density at radius 3 is 2.23 bits per heavy atom. The van der Waals surface area contributed by atoms with Crippen molar-refractivity contribution in [3.8, 4) is 0 Å². The van der Waals surface area contributed by atoms with Gasteiger partial charge in [0.15, 0.2) is 0 Å². The highest BCUT2D eigenvalue weighted by Gasteiger charge is 2.57. The molecule has 7 aliphatic rings. The third-order valence-electron chi connectivity index (χ3n) is 13.1. The Labute approximate surface area is 312 Å². The van der Waals surface area contributed by atoms with Gasteiger partial charge in [-0.05, 0) is 62.0 Å². The molecule has 0 aliphatic carbocycles. The number of carbonyl (C=O) groups excluding carboxylic acids is 2. The molecule has 0 spiro atoms. The van der Waals surface area contributed by atoms with Crippen molar-refractivity contribution in [2.24, 2.45) is 11.8 Å². The Hall–Kier alpha value is -1.62. The van der Waals surface area contributed by atoms with Crippen LogP contribution in [0, 0.1) is 11.8 Å². The van der Waals surface area contributed by atoms with Gasteiger partial charge in [-0.3, -0.25) is 9.59 Å². The van der Waals surface area contributed by atoms with Crippen LogP contribution in [0.4, 0.5) is 0 Å². The Morgan fingerprint density at radius 2 is 1.45 bits per heavy atom. The maximum absolute atomic E-state index is 13.9. The molecule has 7 heterocycles. The molecule has 0 amide bonds. The van der Waals surface area contributed by atoms with Crippen molar-refractivity contribution in [1.82, 2.24) is 0 Å². The second-order valence-corrected chi connectivity index (χ2v) is 16.8. The van der Waals surface area contributed by atoms with Gasteiger partial charge in [-0.15, -0.1) is 0 Å². The molecule has 4 N–H and O–H groups in total. The number of rotatable bonds is 4. The molecule has 7 fully saturated rings. The standard InChI is InChI=1S/C40H60O13/c1-19-11-26-7-9-29-20(2)12-25(48-29)6-5-22(42)15-33-35(45)39-40(53-33)36(46)38-30(52-39)10-8-27(50-38)13-23(43)14-28-32(17-31(49-26)21(19)3)51-34(37(28)47-4)16-24(44)18-41/h19,24-41,44-46H,2-3,5-18H2,1,4H3/t19-,24?,25?,26+,27?,28?,29?,30?,31?,32+,33-,34?,35?,36?,37-,38?,39?,40?/m1/s1. The van der Waals surface area contributed by atoms with Crippen molar-refractivity contribution in [2.75, 3.05) is 13.7 Å². The van der Waals surface area contributed by atoms with Crippen molar-refractivity contribution in [1.29, 1.82) is 0 Å². The maximum atomic E-state index is 13.9. The molecule has 0 saturated carbocycles. The summed E-state index contributed by atoms with van der Waals surface area (Å²) in [6.45, 7) is 10.4. The van der Waals surface area contributed by atoms with Gasteiger partial charge in [0.2, 0.25) is 0 Å². The van der Waals surface area contributed by atoms with E-state index in [1.807, 2.05) is 0 Å². The summed E-state index contributed by atoms with van der Waals surface area (Å²) in [7, 11) is 1.58. The van der Waals surface area contributed by atoms with Gasteiger partial charge in [0.1, 0.15) is 42.1 Å². The highest BCUT2D eigenvalue weighted by Crippen LogP contribution is 2.43. The van der Waals surface area contributed by atoms with Gasteiger partial charge < -0.3 is 53.6 Å². The second kappa shape index (κ2) is 16.9. The lowest BCUT2D eigenvalue weighted by Crippen LogP contribution is -2.61. The third kappa shape index (κ3) is 8.56. The van der Waals surface area contributed by atoms with Crippen LogP contribution in [0.2, 0.25) is 0 Å². The Morgan fingerprint density at radius 1 is 0.736 bits per heavy atom. The smallest absolute Gasteiger partial charge is 0.135 e. The van der Waals surface area contributed by atoms with Gasteiger partial charge in [-0.2, -0.15) is 0 Å². The van der Waals surface area contributed by atoms with Crippen molar-refractivity contribution >= 4 is 11.6 Å². The fourth-order valence-electron chi connectivity index (χ4n) is 10.1. The zero-order valence-corrected chi connectivity index (χ0v) is 31.2. The summed E-state index contributed by atoms with van der Waals surface area (Å²) >= 11 is 0. The van der Waals surface area contributed by atoms with Gasteiger partial charge in [-0.25, -0.2) is 0 Å². The summed E-state index contributed by atoms with van der Waals surface area (Å²) in [5.41, 5.74) is 2.00. The van der Waals surface area contributed by atoms with E-state index in [0.717, 1.165) is 30.4 Å². The van der Waals surface area contributed by atoms with Crippen LogP contribution in [0.15, 0.2) is 24.3 Å². The lowest BCUT2D eigenvalue weighted by molar-refractivity contribution is -0.259. The molecular formula is C40H60O13. The number of carbonyl (C=O) groups is 2. The minimum atomic E-state index is -1.10. The van der Waals surface area contributed by atoms with Crippen molar-refractivity contribution in [3.63, 3.8) is 0 Å². The third-order valence-corrected chi connectivity index (χ3v) is 13.1. The Kier molecular flexibility index (Phi) is 12.6. The van der Waals surface area contributed by atoms with Crippen LogP contribution in [0.25, 0.3) is 0 Å². The summed E-state index contributed by atoms with van der Waals surface area (Å²) in [6.07, 6.45) is -3.55. The normalized spacial score (nSPS) is 47.7. The first-order valence-electron chi connectivity index (χ1n) is 19.9. The second-order valence-electron chi connectivity index (χ2n) is 16.8. The van der Waals surface area contributed by atoms with Gasteiger partial charge in [0.25, 0.3) is 0 Å². The molecule has 7 rings (SSSR count). The Bertz CT molecular complexity index is 1340. The number of ether oxygens (including phenoxy) is 7. The summed E-state index contributed by atoms with van der Waals surface area (Å²) in [4.78, 5) is 27.0. The van der Waals surface area contributed by atoms with Crippen LogP contribution < -0.4 is 0 Å². The molecule has 13 nitrogen and oxygen atoms in total. The maximum Gasteiger partial charge on any atom is 0.135 e. The predicted octanol–water partition coefficient (Wildman–Crippen LogP) is 2.27. The average Bonchev–Trinajstić information content (AvgIpc) is 3.76. The average molecular weight is 749 g/mol. The number of aliphatic hydroxyl groups is 4. The minimum Gasteiger partial charge on any atom is -0.394 e. The van der Waals surface area contributed by atoms with Gasteiger partial charge in [-0.1, -0.05) is 20.1 Å². The minimum absolute atomic E-state index is 0.00643. The lowest BCUT2D eigenvalue weighted by atomic mass is 9.81. The number of hydrogen-bond donors (Lipinski definition) is 4. The largest absolute Gasteiger partial charge is 0.394 e. The summed E-state index contributed by atoms with van der Waals surface area (Å²) in [5, 5.41) is 42.6. The first kappa shape index (κ1) is 39.6. The summed E-state index contributed by atoms with van der Waals surface area (Å²) in [6, 6.07) is 0. The molecular weight excluding hydrogens is 688 g/mol. The lowest BCUT2D eigenvalue weighted by Gasteiger charge is -2.46. The zero-order valence-electron chi connectivity index (χ0n) is 31.2. The van der Waals surface area contributed by atoms with E-state index < -0.39 is 79.9 Å². The van der Waals surface area contributed by atoms with E-state index in [9.17, 15) is 30.0 Å². The number of Topliss-reactive ketones (excluding diaryl/α,β-unsaturated/α-hetero) is 2. The summed E-state index contributed by atoms with van der Waals surface area (Å²) < 4.78 is 44.3. The van der Waals surface area contributed by atoms with Crippen LogP contribution in [-0.2, 0) is 42.7 Å². The molecule has 0 aromatic heterocycles. The van der Waals surface area contributed by atoms with Crippen LogP contribution in [0.5, 0.6) is 0 Å². The number of aliphatic hydroxyl groups excluding tert-OH is 4. The highest BCUT2D eigenvalue weighted by molar-refractivity contribution is 5.79. The molecule has 13 heteroatoms. The van der Waals surface area contributed by atoms with E-state index in [1.165, 1.54) is 0 Å². The highest BCUT2D eigenvalue weighted by atomic mass is 16.6. The van der Waals surface area contributed by atoms with Crippen LogP contribution in [0.3, 0.4) is 0 Å². The molecule has 0 aromatic rings. The number of methoxy groups -OCH3 is 1. The van der Waals surface area contributed by atoms with E-state index in [0.29, 0.717) is 32.1 Å². The van der Waals surface area contributed by atoms with Crippen LogP contribution in [0.1, 0.15) is 90.4 Å². The SMILES string of the molecule is C=C1CC2CCC(=O)C[C@H]3OC4C(O)C5OC(CCC5OC4C3O)CC(=O)CC3[C@@H](OC)C(CC(O)CO)O[C@H]3CC3O[C@@H](CCC1O2)C[C@@H](C)C3=C. The molecule has 0 aromatic carbocycles. The zero-order chi connectivity index (χ0) is 37.6. The van der Waals surface area contributed by atoms with Crippen LogP contribution in [-0.4, -0.2) is 143 Å². The quantitative estimate of drug-likeness (QED) is 0.308. The number of ketones is 2. The molecule has 7 saturated heterocycles. The van der Waals surface area contributed by atoms with Crippen molar-refractivity contribution in [3.05, 3.63) is 24.3 Å². The predicted molar refractivity (Wildman–Crippen MR) is 189 cm³/mol. The first-order chi connectivity index (χ1) is 25.4. The van der Waals surface area contributed by atoms with E-state index in [1.54, 1.807) is 7.11 Å². The van der Waals surface area contributed by atoms with Crippen molar-refractivity contribution < 1.29 is 63.2 Å². The van der Waals surface area contributed by atoms with E-state index in [4.69, 9.17) is 33.2 Å². The van der Waals surface area contributed by atoms with Gasteiger partial charge in [0.05, 0.1) is 73.8 Å². The fraction of sp³-hybridized carbons (Fsp3) is 0.850. The molecule has 8 bridgehead atoms. The molecule has 53 heavy (non-hydrogen) atoms. The molecule has 0 radical (unpaired) electrons. The van der Waals surface area contributed by atoms with E-state index in [2.05, 4.69) is 20.1 Å². The van der Waals surface area contributed by atoms with Crippen LogP contribution >= 0.6 is 0 Å². The monoisotopic (exact) mass is 748 g/mol. The van der Waals surface area contributed by atoms with Crippen molar-refractivity contribution in [2.45, 2.75) is 188 Å². The Balaban J connectivity index is 1.11. The van der Waals surface area contributed by atoms with E-state index >= 15 is 0 Å².